The SMILES string of the molecule is CC(F)(F)C(=O)OCC(=O)OC12CC3(O)CC(O)(CC(OCC(=O)OC4(C)C5CC6CC(C5)CC4C6)(C3)C1)C2. The first-order valence-electron chi connectivity index (χ1n) is 14.1. The average molecular weight is 557 g/mol. The summed E-state index contributed by atoms with van der Waals surface area (Å²) in [6.07, 6.45) is 6.13. The number of rotatable bonds is 8. The van der Waals surface area contributed by atoms with Crippen molar-refractivity contribution in [2.75, 3.05) is 13.2 Å². The van der Waals surface area contributed by atoms with E-state index >= 15 is 0 Å². The number of hydrogen-bond acceptors (Lipinski definition) is 9. The summed E-state index contributed by atoms with van der Waals surface area (Å²) < 4.78 is 48.4. The molecule has 0 aromatic rings. The van der Waals surface area contributed by atoms with Crippen molar-refractivity contribution in [3.63, 3.8) is 0 Å². The maximum atomic E-state index is 13.1. The number of aliphatic hydroxyl groups is 2. The number of carbonyl (C=O) groups is 3. The predicted octanol–water partition coefficient (Wildman–Crippen LogP) is 2.82. The summed E-state index contributed by atoms with van der Waals surface area (Å²) in [6.45, 7) is 1.02. The van der Waals surface area contributed by atoms with Crippen LogP contribution >= 0.6 is 0 Å². The third-order valence-electron chi connectivity index (χ3n) is 10.5. The summed E-state index contributed by atoms with van der Waals surface area (Å²) in [5.74, 6) is -5.01. The van der Waals surface area contributed by atoms with Gasteiger partial charge in [0.15, 0.2) is 6.61 Å². The minimum atomic E-state index is -3.76. The number of alkyl halides is 2. The third-order valence-corrected chi connectivity index (χ3v) is 10.5. The van der Waals surface area contributed by atoms with E-state index < -0.39 is 58.4 Å². The number of ether oxygens (including phenoxy) is 4. The Balaban J connectivity index is 1.12. The molecule has 0 spiro atoms. The van der Waals surface area contributed by atoms with Crippen molar-refractivity contribution in [3.05, 3.63) is 0 Å². The van der Waals surface area contributed by atoms with Crippen LogP contribution in [0.25, 0.3) is 0 Å². The van der Waals surface area contributed by atoms with Gasteiger partial charge in [0.05, 0.1) is 16.8 Å². The molecule has 0 aromatic carbocycles. The van der Waals surface area contributed by atoms with Crippen LogP contribution in [0.5, 0.6) is 0 Å². The molecule has 8 aliphatic carbocycles. The lowest BCUT2D eigenvalue weighted by molar-refractivity contribution is -0.311. The highest BCUT2D eigenvalue weighted by atomic mass is 19.3. The maximum absolute atomic E-state index is 13.1. The molecule has 11 heteroatoms. The summed E-state index contributed by atoms with van der Waals surface area (Å²) in [7, 11) is 0. The number of carbonyl (C=O) groups excluding carboxylic acids is 3. The lowest BCUT2D eigenvalue weighted by Gasteiger charge is -2.66. The average Bonchev–Trinajstić information content (AvgIpc) is 2.76. The lowest BCUT2D eigenvalue weighted by atomic mass is 9.48. The molecule has 0 aliphatic heterocycles. The smallest absolute Gasteiger partial charge is 0.377 e. The van der Waals surface area contributed by atoms with Gasteiger partial charge in [-0.2, -0.15) is 8.78 Å². The van der Waals surface area contributed by atoms with E-state index in [0.717, 1.165) is 37.5 Å². The van der Waals surface area contributed by atoms with E-state index in [1.165, 1.54) is 6.42 Å². The first-order chi connectivity index (χ1) is 18.0. The van der Waals surface area contributed by atoms with Crippen LogP contribution in [0.4, 0.5) is 8.78 Å². The lowest BCUT2D eigenvalue weighted by Crippen LogP contribution is -2.73. The van der Waals surface area contributed by atoms with Crippen molar-refractivity contribution in [2.24, 2.45) is 23.7 Å². The molecule has 0 heterocycles. The molecule has 2 unspecified atom stereocenters. The Kier molecular flexibility index (Phi) is 6.01. The fraction of sp³-hybridized carbons (Fsp3) is 0.893. The molecular formula is C28H38F2O9. The summed E-state index contributed by atoms with van der Waals surface area (Å²) in [5, 5.41) is 22.6. The Bertz CT molecular complexity index is 1020. The fourth-order valence-corrected chi connectivity index (χ4v) is 9.91. The quantitative estimate of drug-likeness (QED) is 0.343. The van der Waals surface area contributed by atoms with Crippen molar-refractivity contribution in [3.8, 4) is 0 Å². The van der Waals surface area contributed by atoms with E-state index in [-0.39, 0.29) is 45.1 Å². The highest BCUT2D eigenvalue weighted by Crippen LogP contribution is 2.63. The Hall–Kier alpha value is -1.85. The summed E-state index contributed by atoms with van der Waals surface area (Å²) in [6, 6.07) is 0. The molecule has 8 rings (SSSR count). The van der Waals surface area contributed by atoms with Crippen LogP contribution in [0.3, 0.4) is 0 Å². The van der Waals surface area contributed by atoms with E-state index in [9.17, 15) is 33.4 Å². The topological polar surface area (TPSA) is 129 Å². The van der Waals surface area contributed by atoms with E-state index in [0.29, 0.717) is 18.8 Å². The molecule has 8 bridgehead atoms. The van der Waals surface area contributed by atoms with Crippen LogP contribution in [0, 0.1) is 23.7 Å². The monoisotopic (exact) mass is 556 g/mol. The van der Waals surface area contributed by atoms with Gasteiger partial charge < -0.3 is 29.2 Å². The van der Waals surface area contributed by atoms with Crippen LogP contribution in [0.15, 0.2) is 0 Å². The molecule has 2 atom stereocenters. The van der Waals surface area contributed by atoms with Gasteiger partial charge in [0.1, 0.15) is 17.8 Å². The van der Waals surface area contributed by atoms with Crippen LogP contribution < -0.4 is 0 Å². The standard InChI is InChI=1S/C28H38F2O9/c1-23(18-4-16-3-17(6-18)7-19(23)5-16)38-21(32)9-37-27-11-25(34)10-26(35,12-27)14-28(13-25,15-27)39-20(31)8-36-22(33)24(2,29)30/h16-19,34-35H,3-15H2,1-2H3. The minimum Gasteiger partial charge on any atom is -0.457 e. The van der Waals surface area contributed by atoms with Gasteiger partial charge in [-0.3, -0.25) is 0 Å². The van der Waals surface area contributed by atoms with Crippen molar-refractivity contribution in [2.45, 2.75) is 118 Å². The second-order valence-electron chi connectivity index (χ2n) is 14.1. The molecule has 0 saturated heterocycles. The molecular weight excluding hydrogens is 518 g/mol. The highest BCUT2D eigenvalue weighted by molar-refractivity contribution is 5.80. The molecule has 39 heavy (non-hydrogen) atoms. The van der Waals surface area contributed by atoms with Gasteiger partial charge in [-0.1, -0.05) is 0 Å². The van der Waals surface area contributed by atoms with E-state index in [1.807, 2.05) is 6.92 Å². The zero-order valence-electron chi connectivity index (χ0n) is 22.5. The summed E-state index contributed by atoms with van der Waals surface area (Å²) in [4.78, 5) is 37.0. The highest BCUT2D eigenvalue weighted by Gasteiger charge is 2.70. The second kappa shape index (κ2) is 8.58. The van der Waals surface area contributed by atoms with Crippen molar-refractivity contribution in [1.82, 2.24) is 0 Å². The normalized spacial score (nSPS) is 47.2. The van der Waals surface area contributed by atoms with E-state index in [2.05, 4.69) is 4.74 Å². The first-order valence-corrected chi connectivity index (χ1v) is 14.1. The molecule has 0 aromatic heterocycles. The number of halogens is 2. The van der Waals surface area contributed by atoms with Crippen LogP contribution in [0.2, 0.25) is 0 Å². The Labute approximate surface area is 225 Å². The van der Waals surface area contributed by atoms with Gasteiger partial charge in [0.2, 0.25) is 0 Å². The van der Waals surface area contributed by atoms with Gasteiger partial charge in [0, 0.05) is 45.4 Å². The largest absolute Gasteiger partial charge is 0.457 e. The fourth-order valence-electron chi connectivity index (χ4n) is 9.91. The van der Waals surface area contributed by atoms with E-state index in [4.69, 9.17) is 14.2 Å². The van der Waals surface area contributed by atoms with Gasteiger partial charge in [-0.15, -0.1) is 0 Å². The zero-order valence-corrected chi connectivity index (χ0v) is 22.5. The van der Waals surface area contributed by atoms with Crippen molar-refractivity contribution >= 4 is 17.9 Å². The van der Waals surface area contributed by atoms with Crippen molar-refractivity contribution in [1.29, 1.82) is 0 Å². The Morgan fingerprint density at radius 1 is 0.769 bits per heavy atom. The van der Waals surface area contributed by atoms with Gasteiger partial charge in [0.25, 0.3) is 0 Å². The maximum Gasteiger partial charge on any atom is 0.377 e. The van der Waals surface area contributed by atoms with Crippen LogP contribution in [-0.2, 0) is 33.3 Å². The Morgan fingerprint density at radius 3 is 1.82 bits per heavy atom. The third kappa shape index (κ3) is 4.86. The second-order valence-corrected chi connectivity index (χ2v) is 14.1. The molecule has 8 aliphatic rings. The molecule has 8 fully saturated rings. The summed E-state index contributed by atoms with van der Waals surface area (Å²) in [5.41, 5.74) is -5.83. The predicted molar refractivity (Wildman–Crippen MR) is 128 cm³/mol. The number of esters is 3. The zero-order chi connectivity index (χ0) is 28.1. The van der Waals surface area contributed by atoms with Gasteiger partial charge in [-0.05, 0) is 62.7 Å². The van der Waals surface area contributed by atoms with E-state index in [1.54, 1.807) is 0 Å². The van der Waals surface area contributed by atoms with Gasteiger partial charge in [-0.25, -0.2) is 14.4 Å². The molecule has 9 nitrogen and oxygen atoms in total. The molecule has 0 amide bonds. The molecule has 218 valence electrons. The van der Waals surface area contributed by atoms with Crippen LogP contribution in [0.1, 0.15) is 84.5 Å². The van der Waals surface area contributed by atoms with Crippen molar-refractivity contribution < 1.29 is 52.3 Å². The molecule has 2 N–H and O–H groups in total. The summed E-state index contributed by atoms with van der Waals surface area (Å²) >= 11 is 0. The molecule has 8 saturated carbocycles. The van der Waals surface area contributed by atoms with Crippen LogP contribution in [-0.4, -0.2) is 75.3 Å². The van der Waals surface area contributed by atoms with Gasteiger partial charge >= 0.3 is 23.8 Å². The Morgan fingerprint density at radius 2 is 1.28 bits per heavy atom. The number of hydrogen-bond donors (Lipinski definition) is 2. The first kappa shape index (κ1) is 27.3. The molecule has 0 radical (unpaired) electrons. The minimum absolute atomic E-state index is 0.0191.